The Morgan fingerprint density at radius 1 is 1.44 bits per heavy atom. The van der Waals surface area contributed by atoms with Gasteiger partial charge in [-0.25, -0.2) is 0 Å². The van der Waals surface area contributed by atoms with Crippen LogP contribution in [0, 0.1) is 5.92 Å². The molecule has 0 fully saturated rings. The highest BCUT2D eigenvalue weighted by Gasteiger charge is 2.18. The molecule has 0 aliphatic rings. The van der Waals surface area contributed by atoms with Crippen LogP contribution in [-0.2, 0) is 19.9 Å². The monoisotopic (exact) mass is 287 g/mol. The van der Waals surface area contributed by atoms with E-state index in [0.717, 1.165) is 18.5 Å². The molecule has 3 nitrogen and oxygen atoms in total. The van der Waals surface area contributed by atoms with Gasteiger partial charge < -0.3 is 5.32 Å². The Hall–Kier alpha value is -0.350. The Kier molecular flexibility index (Phi) is 4.99. The molecule has 1 aromatic rings. The number of aryl methyl sites for hydroxylation is 2. The lowest BCUT2D eigenvalue weighted by molar-refractivity contribution is 0.415. The average Bonchev–Trinajstić information content (AvgIpc) is 2.51. The summed E-state index contributed by atoms with van der Waals surface area (Å²) in [6.07, 6.45) is 1.98. The molecule has 92 valence electrons. The Bertz CT molecular complexity index is 344. The van der Waals surface area contributed by atoms with Crippen molar-refractivity contribution in [2.24, 2.45) is 13.0 Å². The molecule has 0 aliphatic carbocycles. The van der Waals surface area contributed by atoms with Crippen molar-refractivity contribution in [3.8, 4) is 0 Å². The Balaban J connectivity index is 2.91. The Labute approximate surface area is 107 Å². The lowest BCUT2D eigenvalue weighted by atomic mass is 9.99. The number of nitrogens with one attached hydrogen (secondary N) is 1. The zero-order valence-corrected chi connectivity index (χ0v) is 12.4. The number of halogens is 1. The van der Waals surface area contributed by atoms with Gasteiger partial charge in [0.25, 0.3) is 0 Å². The lowest BCUT2D eigenvalue weighted by Crippen LogP contribution is -2.33. The lowest BCUT2D eigenvalue weighted by Gasteiger charge is -2.20. The van der Waals surface area contributed by atoms with Gasteiger partial charge in [-0.2, -0.15) is 5.10 Å². The van der Waals surface area contributed by atoms with Crippen LogP contribution >= 0.6 is 15.9 Å². The van der Waals surface area contributed by atoms with Crippen molar-refractivity contribution in [2.45, 2.75) is 39.7 Å². The van der Waals surface area contributed by atoms with Crippen LogP contribution in [0.4, 0.5) is 0 Å². The summed E-state index contributed by atoms with van der Waals surface area (Å²) in [6.45, 7) is 6.62. The fourth-order valence-electron chi connectivity index (χ4n) is 1.92. The van der Waals surface area contributed by atoms with Crippen molar-refractivity contribution in [3.05, 3.63) is 15.9 Å². The van der Waals surface area contributed by atoms with E-state index in [1.807, 2.05) is 18.8 Å². The molecule has 0 radical (unpaired) electrons. The van der Waals surface area contributed by atoms with E-state index < -0.39 is 0 Å². The number of nitrogens with zero attached hydrogens (tertiary/aromatic N) is 2. The number of hydrogen-bond acceptors (Lipinski definition) is 2. The second kappa shape index (κ2) is 5.82. The van der Waals surface area contributed by atoms with Gasteiger partial charge in [-0.1, -0.05) is 20.8 Å². The molecule has 0 spiro atoms. The molecular formula is C12H22BrN3. The fourth-order valence-corrected chi connectivity index (χ4v) is 2.70. The summed E-state index contributed by atoms with van der Waals surface area (Å²) in [7, 11) is 4.04. The van der Waals surface area contributed by atoms with Gasteiger partial charge in [-0.05, 0) is 35.3 Å². The first kappa shape index (κ1) is 13.7. The van der Waals surface area contributed by atoms with E-state index in [9.17, 15) is 0 Å². The highest BCUT2D eigenvalue weighted by Crippen LogP contribution is 2.23. The van der Waals surface area contributed by atoms with Crippen molar-refractivity contribution in [3.63, 3.8) is 0 Å². The maximum Gasteiger partial charge on any atom is 0.0766 e. The van der Waals surface area contributed by atoms with Crippen LogP contribution in [0.5, 0.6) is 0 Å². The highest BCUT2D eigenvalue weighted by molar-refractivity contribution is 9.10. The van der Waals surface area contributed by atoms with E-state index in [4.69, 9.17) is 0 Å². The normalized spacial score (nSPS) is 13.4. The van der Waals surface area contributed by atoms with Crippen LogP contribution in [-0.4, -0.2) is 22.9 Å². The van der Waals surface area contributed by atoms with Crippen LogP contribution in [0.15, 0.2) is 4.47 Å². The topological polar surface area (TPSA) is 29.9 Å². The summed E-state index contributed by atoms with van der Waals surface area (Å²) in [5.41, 5.74) is 2.43. The molecule has 0 saturated heterocycles. The van der Waals surface area contributed by atoms with Gasteiger partial charge in [0.2, 0.25) is 0 Å². The van der Waals surface area contributed by atoms with Crippen LogP contribution < -0.4 is 5.32 Å². The van der Waals surface area contributed by atoms with Crippen LogP contribution in [0.1, 0.15) is 32.2 Å². The molecule has 1 N–H and O–H groups in total. The standard InChI is InChI=1S/C12H22BrN3/c1-6-9-12(13)11(16(5)15-9)7-10(14-4)8(2)3/h8,10,14H,6-7H2,1-5H3. The molecule has 0 saturated carbocycles. The van der Waals surface area contributed by atoms with Gasteiger partial charge in [0.05, 0.1) is 15.9 Å². The molecule has 1 atom stereocenters. The van der Waals surface area contributed by atoms with Gasteiger partial charge in [-0.15, -0.1) is 0 Å². The maximum atomic E-state index is 4.52. The van der Waals surface area contributed by atoms with Crippen LogP contribution in [0.25, 0.3) is 0 Å². The summed E-state index contributed by atoms with van der Waals surface area (Å²) in [5, 5.41) is 7.89. The number of aromatic nitrogens is 2. The predicted molar refractivity (Wildman–Crippen MR) is 71.7 cm³/mol. The third-order valence-corrected chi connectivity index (χ3v) is 4.01. The second-order valence-electron chi connectivity index (χ2n) is 4.53. The summed E-state index contributed by atoms with van der Waals surface area (Å²) in [4.78, 5) is 0. The van der Waals surface area contributed by atoms with Gasteiger partial charge in [0.1, 0.15) is 0 Å². The molecule has 4 heteroatoms. The Morgan fingerprint density at radius 3 is 2.44 bits per heavy atom. The van der Waals surface area contributed by atoms with E-state index in [-0.39, 0.29) is 0 Å². The van der Waals surface area contributed by atoms with E-state index in [2.05, 4.69) is 47.1 Å². The van der Waals surface area contributed by atoms with Crippen molar-refractivity contribution in [2.75, 3.05) is 7.05 Å². The number of rotatable bonds is 5. The van der Waals surface area contributed by atoms with Gasteiger partial charge in [0, 0.05) is 19.5 Å². The largest absolute Gasteiger partial charge is 0.316 e. The fraction of sp³-hybridized carbons (Fsp3) is 0.750. The molecule has 1 aromatic heterocycles. The second-order valence-corrected chi connectivity index (χ2v) is 5.32. The molecule has 0 aliphatic heterocycles. The van der Waals surface area contributed by atoms with E-state index in [1.54, 1.807) is 0 Å². The molecule has 0 amide bonds. The van der Waals surface area contributed by atoms with E-state index in [1.165, 1.54) is 10.2 Å². The zero-order chi connectivity index (χ0) is 12.3. The first-order valence-corrected chi connectivity index (χ1v) is 6.68. The molecular weight excluding hydrogens is 266 g/mol. The summed E-state index contributed by atoms with van der Waals surface area (Å²) in [5.74, 6) is 0.622. The molecule has 16 heavy (non-hydrogen) atoms. The molecule has 0 bridgehead atoms. The molecule has 1 heterocycles. The molecule has 0 aromatic carbocycles. The predicted octanol–water partition coefficient (Wildman–Crippen LogP) is 2.53. The molecule has 1 unspecified atom stereocenters. The van der Waals surface area contributed by atoms with Crippen molar-refractivity contribution in [1.82, 2.24) is 15.1 Å². The summed E-state index contributed by atoms with van der Waals surface area (Å²) >= 11 is 3.66. The quantitative estimate of drug-likeness (QED) is 0.902. The maximum absolute atomic E-state index is 4.52. The minimum absolute atomic E-state index is 0.497. The third kappa shape index (κ3) is 2.86. The first-order chi connectivity index (χ1) is 7.51. The van der Waals surface area contributed by atoms with Crippen LogP contribution in [0.2, 0.25) is 0 Å². The summed E-state index contributed by atoms with van der Waals surface area (Å²) in [6, 6.07) is 0.497. The smallest absolute Gasteiger partial charge is 0.0766 e. The molecule has 1 rings (SSSR count). The van der Waals surface area contributed by atoms with E-state index >= 15 is 0 Å². The zero-order valence-electron chi connectivity index (χ0n) is 10.8. The number of hydrogen-bond donors (Lipinski definition) is 1. The number of likely N-dealkylation sites (N-methyl/N-ethyl adjacent to an activating group) is 1. The summed E-state index contributed by atoms with van der Waals surface area (Å²) < 4.78 is 3.17. The minimum Gasteiger partial charge on any atom is -0.316 e. The van der Waals surface area contributed by atoms with Crippen molar-refractivity contribution < 1.29 is 0 Å². The van der Waals surface area contributed by atoms with Gasteiger partial charge >= 0.3 is 0 Å². The van der Waals surface area contributed by atoms with Crippen LogP contribution in [0.3, 0.4) is 0 Å². The highest BCUT2D eigenvalue weighted by atomic mass is 79.9. The van der Waals surface area contributed by atoms with E-state index in [0.29, 0.717) is 12.0 Å². The minimum atomic E-state index is 0.497. The SMILES string of the molecule is CCc1nn(C)c(CC(NC)C(C)C)c1Br. The van der Waals surface area contributed by atoms with Crippen molar-refractivity contribution in [1.29, 1.82) is 0 Å². The first-order valence-electron chi connectivity index (χ1n) is 5.88. The van der Waals surface area contributed by atoms with Gasteiger partial charge in [-0.3, -0.25) is 4.68 Å². The third-order valence-electron chi connectivity index (χ3n) is 3.09. The Morgan fingerprint density at radius 2 is 2.06 bits per heavy atom. The van der Waals surface area contributed by atoms with Gasteiger partial charge in [0.15, 0.2) is 0 Å². The average molecular weight is 288 g/mol. The van der Waals surface area contributed by atoms with Crippen molar-refractivity contribution >= 4 is 15.9 Å².